The van der Waals surface area contributed by atoms with E-state index in [1.54, 1.807) is 6.92 Å². The monoisotopic (exact) mass is 228 g/mol. The summed E-state index contributed by atoms with van der Waals surface area (Å²) in [5.41, 5.74) is -0.122. The van der Waals surface area contributed by atoms with E-state index in [2.05, 4.69) is 4.42 Å². The molecule has 0 saturated carbocycles. The Morgan fingerprint density at radius 3 is 2.38 bits per heavy atom. The Bertz CT molecular complexity index is 418. The first-order valence-electron chi connectivity index (χ1n) is 5.03. The first kappa shape index (κ1) is 12.5. The molecule has 1 aromatic rings. The second-order valence-electron chi connectivity index (χ2n) is 4.83. The molecule has 5 heteroatoms. The van der Waals surface area contributed by atoms with E-state index >= 15 is 0 Å². The Labute approximate surface area is 93.4 Å². The van der Waals surface area contributed by atoms with Gasteiger partial charge in [-0.05, 0) is 12.3 Å². The summed E-state index contributed by atoms with van der Waals surface area (Å²) in [7, 11) is 0. The van der Waals surface area contributed by atoms with E-state index in [1.165, 1.54) is 0 Å². The molecule has 1 heterocycles. The molecule has 1 aromatic heterocycles. The van der Waals surface area contributed by atoms with Gasteiger partial charge in [0.05, 0.1) is 6.42 Å². The van der Waals surface area contributed by atoms with Crippen molar-refractivity contribution in [3.8, 4) is 0 Å². The van der Waals surface area contributed by atoms with E-state index in [0.717, 1.165) is 0 Å². The summed E-state index contributed by atoms with van der Waals surface area (Å²) in [6.07, 6.45) is 0.314. The van der Waals surface area contributed by atoms with Crippen LogP contribution in [0.25, 0.3) is 0 Å². The van der Waals surface area contributed by atoms with Gasteiger partial charge in [0.1, 0.15) is 0 Å². The smallest absolute Gasteiger partial charge is 0.457 e. The molecule has 0 radical (unpaired) electrons. The van der Waals surface area contributed by atoms with Crippen LogP contribution in [-0.2, 0) is 16.1 Å². The largest absolute Gasteiger partial charge is 0.519 e. The maximum Gasteiger partial charge on any atom is 0.519 e. The molecular weight excluding hydrogens is 212 g/mol. The highest BCUT2D eigenvalue weighted by Gasteiger charge is 2.18. The average molecular weight is 228 g/mol. The van der Waals surface area contributed by atoms with Gasteiger partial charge in [0.15, 0.2) is 18.1 Å². The van der Waals surface area contributed by atoms with Gasteiger partial charge in [0.2, 0.25) is 0 Å². The van der Waals surface area contributed by atoms with Crippen molar-refractivity contribution >= 4 is 5.97 Å². The van der Waals surface area contributed by atoms with Gasteiger partial charge in [-0.3, -0.25) is 4.79 Å². The fraction of sp³-hybridized carbons (Fsp3) is 0.636. The predicted molar refractivity (Wildman–Crippen MR) is 55.8 cm³/mol. The summed E-state index contributed by atoms with van der Waals surface area (Å²) in [4.78, 5) is 22.1. The van der Waals surface area contributed by atoms with Crippen LogP contribution >= 0.6 is 0 Å². The van der Waals surface area contributed by atoms with Gasteiger partial charge in [-0.1, -0.05) is 20.8 Å². The second-order valence-corrected chi connectivity index (χ2v) is 4.83. The lowest BCUT2D eigenvalue weighted by molar-refractivity contribution is -0.147. The van der Waals surface area contributed by atoms with Gasteiger partial charge in [-0.15, -0.1) is 0 Å². The minimum absolute atomic E-state index is 0.0630. The number of hydrogen-bond acceptors (Lipinski definition) is 5. The van der Waals surface area contributed by atoms with Crippen LogP contribution in [0.2, 0.25) is 0 Å². The van der Waals surface area contributed by atoms with Crippen LogP contribution in [0.5, 0.6) is 0 Å². The summed E-state index contributed by atoms with van der Waals surface area (Å²) in [6, 6.07) is 0. The molecular formula is C11H16O5. The lowest BCUT2D eigenvalue weighted by Gasteiger charge is -2.16. The van der Waals surface area contributed by atoms with Crippen LogP contribution < -0.4 is 5.82 Å². The summed E-state index contributed by atoms with van der Waals surface area (Å²) in [6.45, 7) is 7.34. The highest BCUT2D eigenvalue weighted by Crippen LogP contribution is 2.19. The molecule has 0 bridgehead atoms. The molecule has 0 N–H and O–H groups in total. The molecule has 0 aromatic carbocycles. The molecule has 0 unspecified atom stereocenters. The van der Waals surface area contributed by atoms with E-state index in [1.807, 2.05) is 20.8 Å². The Hall–Kier alpha value is -1.52. The molecule has 1 rings (SSSR count). The Morgan fingerprint density at radius 2 is 1.94 bits per heavy atom. The Kier molecular flexibility index (Phi) is 3.57. The molecule has 0 atom stereocenters. The van der Waals surface area contributed by atoms with Crippen LogP contribution in [0.15, 0.2) is 13.6 Å². The molecule has 90 valence electrons. The van der Waals surface area contributed by atoms with Gasteiger partial charge in [-0.25, -0.2) is 4.79 Å². The number of aryl methyl sites for hydroxylation is 1. The molecule has 0 amide bonds. The number of rotatable bonds is 3. The minimum Gasteiger partial charge on any atom is -0.457 e. The van der Waals surface area contributed by atoms with E-state index in [-0.39, 0.29) is 23.8 Å². The lowest BCUT2D eigenvalue weighted by atomic mass is 9.92. The van der Waals surface area contributed by atoms with Gasteiger partial charge >= 0.3 is 11.8 Å². The Morgan fingerprint density at radius 1 is 1.31 bits per heavy atom. The fourth-order valence-electron chi connectivity index (χ4n) is 1.14. The third-order valence-electron chi connectivity index (χ3n) is 1.87. The van der Waals surface area contributed by atoms with E-state index < -0.39 is 5.82 Å². The normalized spacial score (nSPS) is 11.5. The van der Waals surface area contributed by atoms with Gasteiger partial charge in [-0.2, -0.15) is 0 Å². The molecule has 0 aliphatic rings. The van der Waals surface area contributed by atoms with Crippen molar-refractivity contribution in [2.45, 2.75) is 40.7 Å². The summed E-state index contributed by atoms with van der Waals surface area (Å²) in [5.74, 6) is -0.504. The van der Waals surface area contributed by atoms with Crippen molar-refractivity contribution in [3.63, 3.8) is 0 Å². The van der Waals surface area contributed by atoms with Crippen molar-refractivity contribution in [1.82, 2.24) is 0 Å². The quantitative estimate of drug-likeness (QED) is 0.740. The van der Waals surface area contributed by atoms with Crippen LogP contribution in [0.4, 0.5) is 0 Å². The minimum atomic E-state index is -0.778. The molecule has 16 heavy (non-hydrogen) atoms. The highest BCUT2D eigenvalue weighted by molar-refractivity contribution is 5.70. The zero-order valence-electron chi connectivity index (χ0n) is 9.96. The standard InChI is InChI=1S/C11H16O5/c1-7-8(16-10(13)15-7)6-14-9(12)5-11(2,3)4/h5-6H2,1-4H3. The first-order chi connectivity index (χ1) is 7.28. The number of carbonyl (C=O) groups is 1. The number of esters is 1. The van der Waals surface area contributed by atoms with Crippen LogP contribution in [0, 0.1) is 12.3 Å². The van der Waals surface area contributed by atoms with Gasteiger partial charge in [0, 0.05) is 0 Å². The zero-order chi connectivity index (χ0) is 12.3. The van der Waals surface area contributed by atoms with E-state index in [0.29, 0.717) is 12.2 Å². The van der Waals surface area contributed by atoms with Gasteiger partial charge in [0.25, 0.3) is 0 Å². The van der Waals surface area contributed by atoms with Crippen LogP contribution in [0.3, 0.4) is 0 Å². The SMILES string of the molecule is Cc1oc(=O)oc1COC(=O)CC(C)(C)C. The molecule has 0 saturated heterocycles. The Balaban J connectivity index is 2.49. The number of ether oxygens (including phenoxy) is 1. The molecule has 5 nitrogen and oxygen atoms in total. The maximum atomic E-state index is 11.4. The zero-order valence-corrected chi connectivity index (χ0v) is 9.96. The number of carbonyl (C=O) groups excluding carboxylic acids is 1. The van der Waals surface area contributed by atoms with Crippen molar-refractivity contribution in [2.75, 3.05) is 0 Å². The second kappa shape index (κ2) is 4.55. The predicted octanol–water partition coefficient (Wildman–Crippen LogP) is 2.02. The van der Waals surface area contributed by atoms with Crippen LogP contribution in [0.1, 0.15) is 38.7 Å². The topological polar surface area (TPSA) is 69.7 Å². The van der Waals surface area contributed by atoms with E-state index in [4.69, 9.17) is 9.15 Å². The van der Waals surface area contributed by atoms with Gasteiger partial charge < -0.3 is 13.6 Å². The third-order valence-corrected chi connectivity index (χ3v) is 1.87. The summed E-state index contributed by atoms with van der Waals surface area (Å²) >= 11 is 0. The molecule has 0 aliphatic heterocycles. The summed E-state index contributed by atoms with van der Waals surface area (Å²) < 4.78 is 14.3. The molecule has 0 spiro atoms. The molecule has 0 aliphatic carbocycles. The van der Waals surface area contributed by atoms with E-state index in [9.17, 15) is 9.59 Å². The molecule has 0 fully saturated rings. The fourth-order valence-corrected chi connectivity index (χ4v) is 1.14. The number of hydrogen-bond donors (Lipinski definition) is 0. The first-order valence-corrected chi connectivity index (χ1v) is 5.03. The van der Waals surface area contributed by atoms with Crippen LogP contribution in [-0.4, -0.2) is 5.97 Å². The van der Waals surface area contributed by atoms with Crippen molar-refractivity contribution < 1.29 is 18.4 Å². The summed E-state index contributed by atoms with van der Waals surface area (Å²) in [5, 5.41) is 0. The van der Waals surface area contributed by atoms with Crippen molar-refractivity contribution in [2.24, 2.45) is 5.41 Å². The maximum absolute atomic E-state index is 11.4. The lowest BCUT2D eigenvalue weighted by Crippen LogP contribution is -2.15. The van der Waals surface area contributed by atoms with Crippen molar-refractivity contribution in [3.05, 3.63) is 22.1 Å². The average Bonchev–Trinajstić information content (AvgIpc) is 2.38. The highest BCUT2D eigenvalue weighted by atomic mass is 16.6. The third kappa shape index (κ3) is 3.92. The van der Waals surface area contributed by atoms with Crippen molar-refractivity contribution in [1.29, 1.82) is 0 Å².